The number of hydrogen-bond donors (Lipinski definition) is 2. The van der Waals surface area contributed by atoms with E-state index in [0.29, 0.717) is 23.6 Å². The molecule has 2 aliphatic heterocycles. The van der Waals surface area contributed by atoms with E-state index in [0.717, 1.165) is 32.2 Å². The molecule has 1 aromatic heterocycles. The van der Waals surface area contributed by atoms with Gasteiger partial charge in [-0.2, -0.15) is 0 Å². The van der Waals surface area contributed by atoms with Crippen LogP contribution >= 0.6 is 0 Å². The molecule has 4 rings (SSSR count). The van der Waals surface area contributed by atoms with Crippen LogP contribution in [0.5, 0.6) is 0 Å². The molecule has 148 valence electrons. The summed E-state index contributed by atoms with van der Waals surface area (Å²) in [6.07, 6.45) is 9.89. The van der Waals surface area contributed by atoms with Gasteiger partial charge >= 0.3 is 0 Å². The van der Waals surface area contributed by atoms with Crippen LogP contribution in [0.3, 0.4) is 0 Å². The quantitative estimate of drug-likeness (QED) is 0.855. The predicted octanol–water partition coefficient (Wildman–Crippen LogP) is 2.88. The van der Waals surface area contributed by atoms with Crippen molar-refractivity contribution >= 4 is 11.9 Å². The van der Waals surface area contributed by atoms with Crippen molar-refractivity contribution in [1.82, 2.24) is 20.2 Å². The molecular formula is C22H29N5O. The third kappa shape index (κ3) is 4.17. The summed E-state index contributed by atoms with van der Waals surface area (Å²) in [6, 6.07) is 11.6. The first-order valence-corrected chi connectivity index (χ1v) is 10.4. The molecule has 6 nitrogen and oxygen atoms in total. The van der Waals surface area contributed by atoms with Gasteiger partial charge in [0.25, 0.3) is 5.91 Å². The normalized spacial score (nSPS) is 24.9. The van der Waals surface area contributed by atoms with Crippen molar-refractivity contribution in [3.8, 4) is 0 Å². The Bertz CT molecular complexity index is 779. The summed E-state index contributed by atoms with van der Waals surface area (Å²) in [6.45, 7) is 0.813. The Labute approximate surface area is 166 Å². The van der Waals surface area contributed by atoms with Crippen molar-refractivity contribution < 1.29 is 4.79 Å². The highest BCUT2D eigenvalue weighted by Crippen LogP contribution is 2.29. The van der Waals surface area contributed by atoms with Crippen LogP contribution in [0.4, 0.5) is 5.95 Å². The van der Waals surface area contributed by atoms with Gasteiger partial charge in [-0.15, -0.1) is 0 Å². The first-order valence-electron chi connectivity index (χ1n) is 10.4. The zero-order valence-corrected chi connectivity index (χ0v) is 16.5. The number of fused-ring (bicyclic) bond motifs is 1. The number of benzene rings is 1. The summed E-state index contributed by atoms with van der Waals surface area (Å²) >= 11 is 0. The molecule has 28 heavy (non-hydrogen) atoms. The summed E-state index contributed by atoms with van der Waals surface area (Å²) in [5.41, 5.74) is 1.92. The summed E-state index contributed by atoms with van der Waals surface area (Å²) in [5, 5.41) is 6.73. The molecule has 1 amide bonds. The zero-order valence-electron chi connectivity index (χ0n) is 16.5. The maximum atomic E-state index is 13.3. The number of aromatic nitrogens is 2. The van der Waals surface area contributed by atoms with E-state index >= 15 is 0 Å². The highest BCUT2D eigenvalue weighted by molar-refractivity contribution is 5.94. The molecular weight excluding hydrogens is 350 g/mol. The van der Waals surface area contributed by atoms with Crippen LogP contribution in [0.25, 0.3) is 0 Å². The maximum Gasteiger partial charge on any atom is 0.257 e. The van der Waals surface area contributed by atoms with Crippen molar-refractivity contribution in [3.05, 3.63) is 53.9 Å². The molecule has 1 aromatic carbocycles. The molecule has 0 saturated carbocycles. The average molecular weight is 380 g/mol. The maximum absolute atomic E-state index is 13.3. The van der Waals surface area contributed by atoms with E-state index in [1.165, 1.54) is 18.4 Å². The minimum Gasteiger partial charge on any atom is -0.357 e. The lowest BCUT2D eigenvalue weighted by Gasteiger charge is -2.34. The monoisotopic (exact) mass is 379 g/mol. The van der Waals surface area contributed by atoms with Gasteiger partial charge in [-0.1, -0.05) is 43.2 Å². The number of anilines is 1. The molecule has 0 radical (unpaired) electrons. The molecule has 0 aliphatic carbocycles. The van der Waals surface area contributed by atoms with E-state index in [-0.39, 0.29) is 11.9 Å². The number of nitrogens with one attached hydrogen (secondary N) is 2. The van der Waals surface area contributed by atoms with Crippen LogP contribution in [0, 0.1) is 0 Å². The molecule has 2 N–H and O–H groups in total. The number of likely N-dealkylation sites (tertiary alicyclic amines) is 1. The van der Waals surface area contributed by atoms with Gasteiger partial charge in [-0.05, 0) is 31.2 Å². The Balaban J connectivity index is 1.51. The van der Waals surface area contributed by atoms with Gasteiger partial charge < -0.3 is 15.5 Å². The number of carbonyl (C=O) groups excluding carboxylic acids is 1. The van der Waals surface area contributed by atoms with E-state index in [2.05, 4.69) is 55.8 Å². The Morgan fingerprint density at radius 1 is 1.18 bits per heavy atom. The van der Waals surface area contributed by atoms with E-state index in [1.807, 2.05) is 0 Å². The van der Waals surface area contributed by atoms with Gasteiger partial charge in [0, 0.05) is 44.1 Å². The molecule has 2 saturated heterocycles. The first kappa shape index (κ1) is 18.9. The minimum absolute atomic E-state index is 0.0571. The second-order valence-electron chi connectivity index (χ2n) is 7.86. The predicted molar refractivity (Wildman–Crippen MR) is 110 cm³/mol. The third-order valence-electron chi connectivity index (χ3n) is 5.96. The number of carbonyl (C=O) groups is 1. The largest absolute Gasteiger partial charge is 0.357 e. The summed E-state index contributed by atoms with van der Waals surface area (Å²) in [4.78, 5) is 23.8. The lowest BCUT2D eigenvalue weighted by molar-refractivity contribution is 0.0638. The van der Waals surface area contributed by atoms with E-state index in [9.17, 15) is 4.79 Å². The fourth-order valence-corrected chi connectivity index (χ4v) is 4.57. The van der Waals surface area contributed by atoms with E-state index < -0.39 is 0 Å². The highest BCUT2D eigenvalue weighted by atomic mass is 16.2. The Morgan fingerprint density at radius 2 is 1.96 bits per heavy atom. The van der Waals surface area contributed by atoms with E-state index in [1.54, 1.807) is 19.4 Å². The van der Waals surface area contributed by atoms with Crippen molar-refractivity contribution in [2.75, 3.05) is 18.9 Å². The Hall–Kier alpha value is -2.47. The smallest absolute Gasteiger partial charge is 0.257 e. The first-order chi connectivity index (χ1) is 13.7. The van der Waals surface area contributed by atoms with Crippen LogP contribution in [-0.4, -0.2) is 52.5 Å². The van der Waals surface area contributed by atoms with Gasteiger partial charge in [-0.25, -0.2) is 9.97 Å². The highest BCUT2D eigenvalue weighted by Gasteiger charge is 2.39. The molecule has 0 bridgehead atoms. The molecule has 0 spiro atoms. The SMILES string of the molecule is CNc1ncc(C(=O)N2CCCCC[C@H]3N[C@H](Cc4ccccc4)C[C@@H]32)cn1. The van der Waals surface area contributed by atoms with Crippen LogP contribution in [0.2, 0.25) is 0 Å². The topological polar surface area (TPSA) is 70.2 Å². The molecule has 2 aliphatic rings. The van der Waals surface area contributed by atoms with Gasteiger partial charge in [0.05, 0.1) is 5.56 Å². The van der Waals surface area contributed by atoms with Gasteiger partial charge in [0.2, 0.25) is 5.95 Å². The van der Waals surface area contributed by atoms with E-state index in [4.69, 9.17) is 0 Å². The lowest BCUT2D eigenvalue weighted by Crippen LogP contribution is -2.48. The fourth-order valence-electron chi connectivity index (χ4n) is 4.57. The van der Waals surface area contributed by atoms with Crippen molar-refractivity contribution in [2.24, 2.45) is 0 Å². The van der Waals surface area contributed by atoms with Crippen molar-refractivity contribution in [1.29, 1.82) is 0 Å². The van der Waals surface area contributed by atoms with Crippen molar-refractivity contribution in [2.45, 2.75) is 56.7 Å². The zero-order chi connectivity index (χ0) is 19.3. The number of rotatable bonds is 4. The Morgan fingerprint density at radius 3 is 2.71 bits per heavy atom. The molecule has 3 atom stereocenters. The molecule has 0 unspecified atom stereocenters. The molecule has 2 fully saturated rings. The average Bonchev–Trinajstić information content (AvgIpc) is 3.10. The second kappa shape index (κ2) is 8.69. The third-order valence-corrected chi connectivity index (χ3v) is 5.96. The molecule has 6 heteroatoms. The van der Waals surface area contributed by atoms with Crippen LogP contribution in [0.15, 0.2) is 42.7 Å². The second-order valence-corrected chi connectivity index (χ2v) is 7.86. The minimum atomic E-state index is 0.0571. The summed E-state index contributed by atoms with van der Waals surface area (Å²) in [7, 11) is 1.77. The fraction of sp³-hybridized carbons (Fsp3) is 0.500. The van der Waals surface area contributed by atoms with Crippen LogP contribution in [0.1, 0.15) is 48.0 Å². The lowest BCUT2D eigenvalue weighted by atomic mass is 9.95. The number of hydrogen-bond acceptors (Lipinski definition) is 5. The van der Waals surface area contributed by atoms with Crippen LogP contribution < -0.4 is 10.6 Å². The van der Waals surface area contributed by atoms with Gasteiger partial charge in [0.1, 0.15) is 0 Å². The molecule has 2 aromatic rings. The Kier molecular flexibility index (Phi) is 5.86. The van der Waals surface area contributed by atoms with Crippen molar-refractivity contribution in [3.63, 3.8) is 0 Å². The molecule has 3 heterocycles. The standard InChI is InChI=1S/C22H29N5O/c1-23-22-24-14-17(15-25-22)21(28)27-11-7-3-6-10-19-20(27)13-18(26-19)12-16-8-4-2-5-9-16/h2,4-5,8-9,14-15,18-20,26H,3,6-7,10-13H2,1H3,(H,23,24,25)/t18-,19-,20+/m1/s1. The number of amides is 1. The summed E-state index contributed by atoms with van der Waals surface area (Å²) < 4.78 is 0. The van der Waals surface area contributed by atoms with Gasteiger partial charge in [0.15, 0.2) is 0 Å². The van der Waals surface area contributed by atoms with Gasteiger partial charge in [-0.3, -0.25) is 4.79 Å². The van der Waals surface area contributed by atoms with Crippen LogP contribution in [-0.2, 0) is 6.42 Å². The summed E-state index contributed by atoms with van der Waals surface area (Å²) in [5.74, 6) is 0.592. The number of nitrogens with zero attached hydrogens (tertiary/aromatic N) is 3.